The first-order valence-electron chi connectivity index (χ1n) is 3.50. The van der Waals surface area contributed by atoms with E-state index in [1.54, 1.807) is 0 Å². The van der Waals surface area contributed by atoms with E-state index in [4.69, 9.17) is 15.3 Å². The minimum Gasteiger partial charge on any atom is -0.379 e. The molecule has 4 nitrogen and oxygen atoms in total. The van der Waals surface area contributed by atoms with Gasteiger partial charge in [0.05, 0.1) is 13.2 Å². The molecule has 0 aromatic carbocycles. The largest absolute Gasteiger partial charge is 0.379 e. The molecular weight excluding hydrogens is 132 g/mol. The van der Waals surface area contributed by atoms with E-state index in [1.807, 2.05) is 0 Å². The Morgan fingerprint density at radius 2 is 1.90 bits per heavy atom. The van der Waals surface area contributed by atoms with Crippen molar-refractivity contribution in [2.75, 3.05) is 26.6 Å². The van der Waals surface area contributed by atoms with Gasteiger partial charge in [-0.05, 0) is 6.42 Å². The van der Waals surface area contributed by atoms with Crippen molar-refractivity contribution in [2.45, 2.75) is 13.3 Å². The van der Waals surface area contributed by atoms with E-state index < -0.39 is 0 Å². The van der Waals surface area contributed by atoms with Crippen LogP contribution in [0.2, 0.25) is 0 Å². The van der Waals surface area contributed by atoms with Crippen molar-refractivity contribution < 1.29 is 9.47 Å². The van der Waals surface area contributed by atoms with Crippen LogP contribution in [0.15, 0.2) is 0 Å². The Bertz CT molecular complexity index is 53.7. The van der Waals surface area contributed by atoms with Crippen LogP contribution in [0.1, 0.15) is 13.3 Å². The SMILES string of the molecule is CCCOCCOCNN. The summed E-state index contributed by atoms with van der Waals surface area (Å²) in [6.07, 6.45) is 1.05. The second-order valence-electron chi connectivity index (χ2n) is 1.87. The highest BCUT2D eigenvalue weighted by Crippen LogP contribution is 1.79. The number of hydrogen-bond acceptors (Lipinski definition) is 4. The Hall–Kier alpha value is -0.160. The van der Waals surface area contributed by atoms with Gasteiger partial charge in [0, 0.05) is 6.61 Å². The second kappa shape index (κ2) is 8.84. The average molecular weight is 148 g/mol. The van der Waals surface area contributed by atoms with Gasteiger partial charge in [-0.3, -0.25) is 5.84 Å². The third-order valence-electron chi connectivity index (χ3n) is 0.906. The lowest BCUT2D eigenvalue weighted by Gasteiger charge is -2.02. The number of hydrazine groups is 1. The maximum Gasteiger partial charge on any atom is 0.109 e. The molecule has 0 bridgehead atoms. The average Bonchev–Trinajstić information content (AvgIpc) is 1.97. The molecule has 0 spiro atoms. The van der Waals surface area contributed by atoms with Crippen molar-refractivity contribution in [3.63, 3.8) is 0 Å². The van der Waals surface area contributed by atoms with Crippen LogP contribution in [0.3, 0.4) is 0 Å². The first-order chi connectivity index (χ1) is 4.91. The number of hydrogen-bond donors (Lipinski definition) is 2. The number of ether oxygens (including phenoxy) is 2. The van der Waals surface area contributed by atoms with Gasteiger partial charge in [-0.15, -0.1) is 0 Å². The fraction of sp³-hybridized carbons (Fsp3) is 1.00. The standard InChI is InChI=1S/C6H16N2O2/c1-2-3-9-4-5-10-6-8-7/h8H,2-7H2,1H3. The molecule has 0 rings (SSSR count). The summed E-state index contributed by atoms with van der Waals surface area (Å²) in [6.45, 7) is 4.51. The molecule has 0 aliphatic rings. The highest BCUT2D eigenvalue weighted by Gasteiger charge is 1.85. The fourth-order valence-electron chi connectivity index (χ4n) is 0.495. The molecule has 0 radical (unpaired) electrons. The predicted octanol–water partition coefficient (Wildman–Crippen LogP) is -0.150. The third kappa shape index (κ3) is 7.84. The molecule has 62 valence electrons. The lowest BCUT2D eigenvalue weighted by Crippen LogP contribution is -2.25. The minimum absolute atomic E-state index is 0.384. The van der Waals surface area contributed by atoms with Gasteiger partial charge in [-0.25, -0.2) is 5.43 Å². The van der Waals surface area contributed by atoms with Crippen molar-refractivity contribution in [2.24, 2.45) is 5.84 Å². The third-order valence-corrected chi connectivity index (χ3v) is 0.906. The van der Waals surface area contributed by atoms with E-state index in [-0.39, 0.29) is 0 Å². The van der Waals surface area contributed by atoms with Crippen LogP contribution in [0.25, 0.3) is 0 Å². The summed E-state index contributed by atoms with van der Waals surface area (Å²) in [5, 5.41) is 0. The first-order valence-corrected chi connectivity index (χ1v) is 3.50. The second-order valence-corrected chi connectivity index (χ2v) is 1.87. The summed E-state index contributed by atoms with van der Waals surface area (Å²) in [7, 11) is 0. The van der Waals surface area contributed by atoms with Crippen LogP contribution in [0, 0.1) is 0 Å². The van der Waals surface area contributed by atoms with E-state index in [0.717, 1.165) is 13.0 Å². The molecule has 0 aromatic rings. The van der Waals surface area contributed by atoms with Gasteiger partial charge in [0.1, 0.15) is 6.73 Å². The van der Waals surface area contributed by atoms with Crippen LogP contribution in [0.4, 0.5) is 0 Å². The van der Waals surface area contributed by atoms with Crippen molar-refractivity contribution >= 4 is 0 Å². The van der Waals surface area contributed by atoms with Crippen LogP contribution < -0.4 is 11.3 Å². The number of nitrogens with two attached hydrogens (primary N) is 1. The minimum atomic E-state index is 0.384. The van der Waals surface area contributed by atoms with E-state index in [1.165, 1.54) is 0 Å². The summed E-state index contributed by atoms with van der Waals surface area (Å²) in [6, 6.07) is 0. The monoisotopic (exact) mass is 148 g/mol. The molecule has 0 amide bonds. The van der Waals surface area contributed by atoms with Crippen molar-refractivity contribution in [1.82, 2.24) is 5.43 Å². The van der Waals surface area contributed by atoms with Crippen molar-refractivity contribution in [3.8, 4) is 0 Å². The Morgan fingerprint density at radius 3 is 2.50 bits per heavy atom. The van der Waals surface area contributed by atoms with E-state index >= 15 is 0 Å². The lowest BCUT2D eigenvalue weighted by atomic mass is 10.5. The van der Waals surface area contributed by atoms with Gasteiger partial charge >= 0.3 is 0 Å². The number of nitrogens with one attached hydrogen (secondary N) is 1. The predicted molar refractivity (Wildman–Crippen MR) is 39.3 cm³/mol. The molecule has 0 fully saturated rings. The van der Waals surface area contributed by atoms with Gasteiger partial charge in [0.15, 0.2) is 0 Å². The smallest absolute Gasteiger partial charge is 0.109 e. The quantitative estimate of drug-likeness (QED) is 0.228. The topological polar surface area (TPSA) is 56.5 Å². The first kappa shape index (κ1) is 9.84. The summed E-state index contributed by atoms with van der Waals surface area (Å²) in [4.78, 5) is 0. The summed E-state index contributed by atoms with van der Waals surface area (Å²) >= 11 is 0. The molecular formula is C6H16N2O2. The molecule has 10 heavy (non-hydrogen) atoms. The summed E-state index contributed by atoms with van der Waals surface area (Å²) in [5.41, 5.74) is 2.38. The Balaban J connectivity index is 2.65. The van der Waals surface area contributed by atoms with E-state index in [9.17, 15) is 0 Å². The van der Waals surface area contributed by atoms with Gasteiger partial charge in [-0.1, -0.05) is 6.92 Å². The van der Waals surface area contributed by atoms with Crippen LogP contribution in [0.5, 0.6) is 0 Å². The maximum atomic E-state index is 5.14. The zero-order chi connectivity index (χ0) is 7.66. The molecule has 0 saturated heterocycles. The molecule has 0 aromatic heterocycles. The Labute approximate surface area is 61.7 Å². The van der Waals surface area contributed by atoms with Gasteiger partial charge in [0.2, 0.25) is 0 Å². The van der Waals surface area contributed by atoms with Crippen LogP contribution in [-0.2, 0) is 9.47 Å². The maximum absolute atomic E-state index is 5.14. The zero-order valence-corrected chi connectivity index (χ0v) is 6.43. The highest BCUT2D eigenvalue weighted by molar-refractivity contribution is 4.28. The Kier molecular flexibility index (Phi) is 8.70. The zero-order valence-electron chi connectivity index (χ0n) is 6.43. The summed E-state index contributed by atoms with van der Waals surface area (Å²) < 4.78 is 10.1. The molecule has 0 aliphatic carbocycles. The molecule has 0 heterocycles. The van der Waals surface area contributed by atoms with Gasteiger partial charge < -0.3 is 9.47 Å². The van der Waals surface area contributed by atoms with E-state index in [2.05, 4.69) is 12.3 Å². The molecule has 0 saturated carbocycles. The fourth-order valence-corrected chi connectivity index (χ4v) is 0.495. The molecule has 4 heteroatoms. The Morgan fingerprint density at radius 1 is 1.20 bits per heavy atom. The summed E-state index contributed by atoms with van der Waals surface area (Å²) in [5.74, 6) is 4.95. The van der Waals surface area contributed by atoms with Crippen LogP contribution in [-0.4, -0.2) is 26.6 Å². The molecule has 0 unspecified atom stereocenters. The van der Waals surface area contributed by atoms with Gasteiger partial charge in [-0.2, -0.15) is 0 Å². The molecule has 0 aliphatic heterocycles. The molecule has 3 N–H and O–H groups in total. The highest BCUT2D eigenvalue weighted by atomic mass is 16.5. The van der Waals surface area contributed by atoms with Gasteiger partial charge in [0.25, 0.3) is 0 Å². The van der Waals surface area contributed by atoms with Crippen LogP contribution >= 0.6 is 0 Å². The lowest BCUT2D eigenvalue weighted by molar-refractivity contribution is 0.0409. The molecule has 0 atom stereocenters. The van der Waals surface area contributed by atoms with Crippen molar-refractivity contribution in [3.05, 3.63) is 0 Å². The number of rotatable bonds is 7. The van der Waals surface area contributed by atoms with E-state index in [0.29, 0.717) is 19.9 Å². The normalized spacial score (nSPS) is 10.2. The van der Waals surface area contributed by atoms with Crippen molar-refractivity contribution in [1.29, 1.82) is 0 Å².